The van der Waals surface area contributed by atoms with Crippen molar-refractivity contribution in [2.75, 3.05) is 20.2 Å². The Hall–Kier alpha value is -1.10. The first-order chi connectivity index (χ1) is 9.84. The highest BCUT2D eigenvalue weighted by Gasteiger charge is 2.37. The zero-order valence-electron chi connectivity index (χ0n) is 13.6. The number of carboxylic acids is 1. The van der Waals surface area contributed by atoms with Gasteiger partial charge >= 0.3 is 5.97 Å². The molecule has 0 aromatic carbocycles. The fourth-order valence-electron chi connectivity index (χ4n) is 3.04. The van der Waals surface area contributed by atoms with Gasteiger partial charge in [0.15, 0.2) is 0 Å². The lowest BCUT2D eigenvalue weighted by Gasteiger charge is -2.36. The molecule has 1 rings (SSSR count). The highest BCUT2D eigenvalue weighted by Crippen LogP contribution is 2.42. The summed E-state index contributed by atoms with van der Waals surface area (Å²) in [4.78, 5) is 25.1. The van der Waals surface area contributed by atoms with Gasteiger partial charge in [0.25, 0.3) is 0 Å². The Morgan fingerprint density at radius 1 is 1.19 bits per heavy atom. The number of rotatable bonds is 8. The van der Waals surface area contributed by atoms with E-state index in [2.05, 4.69) is 0 Å². The third-order valence-corrected chi connectivity index (χ3v) is 4.27. The Morgan fingerprint density at radius 3 is 2.33 bits per heavy atom. The lowest BCUT2D eigenvalue weighted by Crippen LogP contribution is -2.37. The Balaban J connectivity index is 2.53. The summed E-state index contributed by atoms with van der Waals surface area (Å²) >= 11 is 0. The standard InChI is InChI=1S/C16H29NO4/c1-13(2)21-10-9-17(3)14(18)11-16(12-15(19)20)7-5-4-6-8-16/h13H,4-12H2,1-3H3,(H,19,20). The fourth-order valence-corrected chi connectivity index (χ4v) is 3.04. The topological polar surface area (TPSA) is 66.8 Å². The van der Waals surface area contributed by atoms with E-state index in [1.165, 1.54) is 0 Å². The van der Waals surface area contributed by atoms with Crippen LogP contribution in [0.15, 0.2) is 0 Å². The fraction of sp³-hybridized carbons (Fsp3) is 0.875. The van der Waals surface area contributed by atoms with Crippen LogP contribution in [0.4, 0.5) is 0 Å². The third kappa shape index (κ3) is 6.46. The van der Waals surface area contributed by atoms with Crippen LogP contribution < -0.4 is 0 Å². The van der Waals surface area contributed by atoms with Gasteiger partial charge in [0.2, 0.25) is 5.91 Å². The smallest absolute Gasteiger partial charge is 0.303 e. The molecule has 122 valence electrons. The zero-order valence-corrected chi connectivity index (χ0v) is 13.6. The van der Waals surface area contributed by atoms with Crippen LogP contribution in [0.5, 0.6) is 0 Å². The number of amides is 1. The van der Waals surface area contributed by atoms with E-state index in [-0.39, 0.29) is 23.8 Å². The van der Waals surface area contributed by atoms with Crippen molar-refractivity contribution in [3.63, 3.8) is 0 Å². The first kappa shape index (κ1) is 18.0. The second-order valence-corrected chi connectivity index (χ2v) is 6.54. The minimum atomic E-state index is -0.796. The number of nitrogens with zero attached hydrogens (tertiary/aromatic N) is 1. The molecule has 1 amide bonds. The molecule has 0 atom stereocenters. The van der Waals surface area contributed by atoms with Gasteiger partial charge in [-0.3, -0.25) is 9.59 Å². The quantitative estimate of drug-likeness (QED) is 0.748. The molecule has 21 heavy (non-hydrogen) atoms. The average molecular weight is 299 g/mol. The molecule has 0 aromatic rings. The van der Waals surface area contributed by atoms with E-state index >= 15 is 0 Å². The van der Waals surface area contributed by atoms with Crippen molar-refractivity contribution in [3.8, 4) is 0 Å². The number of likely N-dealkylation sites (N-methyl/N-ethyl adjacent to an activating group) is 1. The van der Waals surface area contributed by atoms with Crippen molar-refractivity contribution >= 4 is 11.9 Å². The van der Waals surface area contributed by atoms with E-state index in [0.717, 1.165) is 32.1 Å². The molecule has 0 bridgehead atoms. The molecule has 1 N–H and O–H groups in total. The van der Waals surface area contributed by atoms with Crippen LogP contribution in [-0.4, -0.2) is 48.2 Å². The minimum absolute atomic E-state index is 0.0329. The van der Waals surface area contributed by atoms with E-state index in [9.17, 15) is 9.59 Å². The maximum Gasteiger partial charge on any atom is 0.303 e. The van der Waals surface area contributed by atoms with Crippen LogP contribution in [-0.2, 0) is 14.3 Å². The molecule has 5 nitrogen and oxygen atoms in total. The normalized spacial score (nSPS) is 17.7. The molecule has 1 fully saturated rings. The van der Waals surface area contributed by atoms with Gasteiger partial charge in [-0.2, -0.15) is 0 Å². The molecule has 0 heterocycles. The van der Waals surface area contributed by atoms with Gasteiger partial charge in [0.05, 0.1) is 19.1 Å². The third-order valence-electron chi connectivity index (χ3n) is 4.27. The Kier molecular flexibility index (Phi) is 7.15. The number of carbonyl (C=O) groups excluding carboxylic acids is 1. The lowest BCUT2D eigenvalue weighted by molar-refractivity contribution is -0.142. The van der Waals surface area contributed by atoms with E-state index in [1.807, 2.05) is 13.8 Å². The van der Waals surface area contributed by atoms with Gasteiger partial charge in [-0.05, 0) is 32.1 Å². The summed E-state index contributed by atoms with van der Waals surface area (Å²) in [5, 5.41) is 9.14. The predicted octanol–water partition coefficient (Wildman–Crippen LogP) is 2.69. The van der Waals surface area contributed by atoms with E-state index < -0.39 is 5.97 Å². The minimum Gasteiger partial charge on any atom is -0.481 e. The van der Waals surface area contributed by atoms with E-state index in [0.29, 0.717) is 19.6 Å². The van der Waals surface area contributed by atoms with Crippen molar-refractivity contribution < 1.29 is 19.4 Å². The highest BCUT2D eigenvalue weighted by atomic mass is 16.5. The number of aliphatic carboxylic acids is 1. The molecule has 1 aliphatic rings. The van der Waals surface area contributed by atoms with Gasteiger partial charge in [0, 0.05) is 20.0 Å². The molecule has 1 saturated carbocycles. The molecule has 0 spiro atoms. The van der Waals surface area contributed by atoms with Gasteiger partial charge in [0.1, 0.15) is 0 Å². The molecule has 0 aromatic heterocycles. The number of hydrogen-bond acceptors (Lipinski definition) is 3. The van der Waals surface area contributed by atoms with Crippen molar-refractivity contribution in [1.82, 2.24) is 4.90 Å². The highest BCUT2D eigenvalue weighted by molar-refractivity contribution is 5.78. The summed E-state index contributed by atoms with van der Waals surface area (Å²) in [5.41, 5.74) is -0.339. The van der Waals surface area contributed by atoms with Crippen LogP contribution in [0.2, 0.25) is 0 Å². The van der Waals surface area contributed by atoms with Crippen molar-refractivity contribution in [3.05, 3.63) is 0 Å². The number of hydrogen-bond donors (Lipinski definition) is 1. The molecule has 0 radical (unpaired) electrons. The molecular weight excluding hydrogens is 270 g/mol. The summed E-state index contributed by atoms with van der Waals surface area (Å²) in [7, 11) is 1.77. The largest absolute Gasteiger partial charge is 0.481 e. The zero-order chi connectivity index (χ0) is 15.9. The predicted molar refractivity (Wildman–Crippen MR) is 81.1 cm³/mol. The number of ether oxygens (including phenoxy) is 1. The second kappa shape index (κ2) is 8.37. The van der Waals surface area contributed by atoms with Gasteiger partial charge in [-0.25, -0.2) is 0 Å². The molecule has 1 aliphatic carbocycles. The second-order valence-electron chi connectivity index (χ2n) is 6.54. The summed E-state index contributed by atoms with van der Waals surface area (Å²) in [6.07, 6.45) is 5.51. The van der Waals surface area contributed by atoms with Crippen molar-refractivity contribution in [2.24, 2.45) is 5.41 Å². The SMILES string of the molecule is CC(C)OCCN(C)C(=O)CC1(CC(=O)O)CCCCC1. The summed E-state index contributed by atoms with van der Waals surface area (Å²) in [6.45, 7) is 5.00. The Labute approximate surface area is 127 Å². The molecule has 0 saturated heterocycles. The summed E-state index contributed by atoms with van der Waals surface area (Å²) in [6, 6.07) is 0. The van der Waals surface area contributed by atoms with E-state index in [1.54, 1.807) is 11.9 Å². The summed E-state index contributed by atoms with van der Waals surface area (Å²) in [5.74, 6) is -0.763. The number of carbonyl (C=O) groups is 2. The maximum absolute atomic E-state index is 12.4. The van der Waals surface area contributed by atoms with Crippen LogP contribution in [0.3, 0.4) is 0 Å². The van der Waals surface area contributed by atoms with Crippen LogP contribution in [0.1, 0.15) is 58.8 Å². The van der Waals surface area contributed by atoms with Crippen molar-refractivity contribution in [2.45, 2.75) is 64.9 Å². The van der Waals surface area contributed by atoms with Gasteiger partial charge < -0.3 is 14.7 Å². The van der Waals surface area contributed by atoms with Crippen LogP contribution in [0, 0.1) is 5.41 Å². The monoisotopic (exact) mass is 299 g/mol. The molecule has 5 heteroatoms. The first-order valence-corrected chi connectivity index (χ1v) is 7.92. The summed E-state index contributed by atoms with van der Waals surface area (Å²) < 4.78 is 5.45. The Bertz CT molecular complexity index is 348. The van der Waals surface area contributed by atoms with Crippen LogP contribution >= 0.6 is 0 Å². The maximum atomic E-state index is 12.4. The lowest BCUT2D eigenvalue weighted by atomic mass is 9.69. The molecular formula is C16H29NO4. The van der Waals surface area contributed by atoms with Gasteiger partial charge in [-0.15, -0.1) is 0 Å². The number of carboxylic acid groups (broad SMARTS) is 1. The van der Waals surface area contributed by atoms with E-state index in [4.69, 9.17) is 9.84 Å². The van der Waals surface area contributed by atoms with Gasteiger partial charge in [-0.1, -0.05) is 19.3 Å². The molecule has 0 aliphatic heterocycles. The van der Waals surface area contributed by atoms with Crippen LogP contribution in [0.25, 0.3) is 0 Å². The first-order valence-electron chi connectivity index (χ1n) is 7.92. The van der Waals surface area contributed by atoms with Crippen molar-refractivity contribution in [1.29, 1.82) is 0 Å². The molecule has 0 unspecified atom stereocenters. The average Bonchev–Trinajstić information content (AvgIpc) is 2.37. The Morgan fingerprint density at radius 2 is 1.81 bits per heavy atom.